The maximum absolute atomic E-state index is 11.7. The first-order valence-corrected chi connectivity index (χ1v) is 6.46. The number of hydrogen-bond acceptors (Lipinski definition) is 3. The van der Waals surface area contributed by atoms with E-state index >= 15 is 0 Å². The van der Waals surface area contributed by atoms with Crippen LogP contribution >= 0.6 is 11.3 Å². The van der Waals surface area contributed by atoms with E-state index in [1.807, 2.05) is 17.7 Å². The van der Waals surface area contributed by atoms with Gasteiger partial charge in [-0.1, -0.05) is 20.3 Å². The van der Waals surface area contributed by atoms with Gasteiger partial charge in [-0.3, -0.25) is 4.79 Å². The molecule has 84 valence electrons. The Kier molecular flexibility index (Phi) is 5.40. The first kappa shape index (κ1) is 12.2. The molecule has 0 saturated heterocycles. The molecule has 0 aliphatic rings. The van der Waals surface area contributed by atoms with E-state index in [9.17, 15) is 4.79 Å². The number of ketones is 1. The smallest absolute Gasteiger partial charge is 0.167 e. The molecule has 0 aliphatic carbocycles. The quantitative estimate of drug-likeness (QED) is 0.520. The minimum absolute atomic E-state index is 0.199. The molecule has 1 rings (SSSR count). The van der Waals surface area contributed by atoms with Crippen LogP contribution in [0.1, 0.15) is 49.9 Å². The lowest BCUT2D eigenvalue weighted by atomic mass is 10.1. The number of ether oxygens (including phenoxy) is 1. The molecule has 0 bridgehead atoms. The summed E-state index contributed by atoms with van der Waals surface area (Å²) in [6, 6.07) is 0. The number of thiophene rings is 1. The van der Waals surface area contributed by atoms with Gasteiger partial charge < -0.3 is 4.74 Å². The van der Waals surface area contributed by atoms with E-state index in [4.69, 9.17) is 4.74 Å². The van der Waals surface area contributed by atoms with Crippen molar-refractivity contribution in [1.29, 1.82) is 0 Å². The highest BCUT2D eigenvalue weighted by molar-refractivity contribution is 7.08. The van der Waals surface area contributed by atoms with Gasteiger partial charge in [0.25, 0.3) is 0 Å². The van der Waals surface area contributed by atoms with Crippen LogP contribution in [-0.4, -0.2) is 12.4 Å². The van der Waals surface area contributed by atoms with Crippen molar-refractivity contribution in [1.82, 2.24) is 0 Å². The second-order valence-corrected chi connectivity index (χ2v) is 4.27. The van der Waals surface area contributed by atoms with Crippen LogP contribution in [0.4, 0.5) is 0 Å². The van der Waals surface area contributed by atoms with E-state index in [1.165, 1.54) is 11.3 Å². The molecule has 0 saturated carbocycles. The van der Waals surface area contributed by atoms with Crippen LogP contribution in [0.15, 0.2) is 10.8 Å². The molecule has 0 aliphatic heterocycles. The minimum Gasteiger partial charge on any atom is -0.492 e. The van der Waals surface area contributed by atoms with Crippen molar-refractivity contribution in [2.45, 2.75) is 39.5 Å². The third-order valence-corrected chi connectivity index (χ3v) is 2.88. The minimum atomic E-state index is 0.199. The Labute approximate surface area is 95.3 Å². The number of carbonyl (C=O) groups is 1. The lowest BCUT2D eigenvalue weighted by molar-refractivity contribution is 0.0978. The molecular weight excluding hydrogens is 208 g/mol. The van der Waals surface area contributed by atoms with Gasteiger partial charge in [-0.25, -0.2) is 0 Å². The maximum atomic E-state index is 11.7. The van der Waals surface area contributed by atoms with Crippen LogP contribution in [0.5, 0.6) is 5.75 Å². The van der Waals surface area contributed by atoms with Crippen molar-refractivity contribution < 1.29 is 9.53 Å². The summed E-state index contributed by atoms with van der Waals surface area (Å²) in [6.45, 7) is 4.85. The van der Waals surface area contributed by atoms with Gasteiger partial charge in [0.2, 0.25) is 0 Å². The average Bonchev–Trinajstić information content (AvgIpc) is 2.67. The Bertz CT molecular complexity index is 304. The van der Waals surface area contributed by atoms with E-state index in [2.05, 4.69) is 6.92 Å². The average molecular weight is 226 g/mol. The summed E-state index contributed by atoms with van der Waals surface area (Å²) >= 11 is 1.53. The summed E-state index contributed by atoms with van der Waals surface area (Å²) in [4.78, 5) is 11.7. The Hall–Kier alpha value is -0.830. The van der Waals surface area contributed by atoms with Crippen molar-refractivity contribution in [2.24, 2.45) is 0 Å². The molecule has 15 heavy (non-hydrogen) atoms. The van der Waals surface area contributed by atoms with Gasteiger partial charge in [0.1, 0.15) is 5.75 Å². The van der Waals surface area contributed by atoms with E-state index in [0.717, 1.165) is 30.6 Å². The second kappa shape index (κ2) is 6.62. The number of hydrogen-bond donors (Lipinski definition) is 0. The SMILES string of the molecule is CCCCOc1cscc1C(=O)CCC. The van der Waals surface area contributed by atoms with E-state index in [0.29, 0.717) is 13.0 Å². The van der Waals surface area contributed by atoms with Crippen molar-refractivity contribution >= 4 is 17.1 Å². The van der Waals surface area contributed by atoms with Gasteiger partial charge in [0, 0.05) is 17.2 Å². The summed E-state index contributed by atoms with van der Waals surface area (Å²) in [6.07, 6.45) is 3.66. The van der Waals surface area contributed by atoms with Crippen molar-refractivity contribution in [3.05, 3.63) is 16.3 Å². The summed E-state index contributed by atoms with van der Waals surface area (Å²) in [5, 5.41) is 3.80. The zero-order valence-corrected chi connectivity index (χ0v) is 10.2. The molecule has 0 amide bonds. The third-order valence-electron chi connectivity index (χ3n) is 2.16. The fourth-order valence-electron chi connectivity index (χ4n) is 1.29. The number of rotatable bonds is 7. The van der Waals surface area contributed by atoms with Gasteiger partial charge in [-0.05, 0) is 12.8 Å². The normalized spacial score (nSPS) is 10.3. The molecule has 1 heterocycles. The number of carbonyl (C=O) groups excluding carboxylic acids is 1. The van der Waals surface area contributed by atoms with Crippen LogP contribution in [0, 0.1) is 0 Å². The summed E-state index contributed by atoms with van der Waals surface area (Å²) in [5.41, 5.74) is 0.762. The van der Waals surface area contributed by atoms with Gasteiger partial charge in [0.15, 0.2) is 5.78 Å². The monoisotopic (exact) mass is 226 g/mol. The molecule has 0 unspecified atom stereocenters. The highest BCUT2D eigenvalue weighted by Gasteiger charge is 2.12. The van der Waals surface area contributed by atoms with Gasteiger partial charge in [-0.2, -0.15) is 0 Å². The van der Waals surface area contributed by atoms with Crippen LogP contribution < -0.4 is 4.74 Å². The molecule has 0 fully saturated rings. The Morgan fingerprint density at radius 2 is 2.13 bits per heavy atom. The Morgan fingerprint density at radius 1 is 1.33 bits per heavy atom. The molecule has 1 aromatic rings. The second-order valence-electron chi connectivity index (χ2n) is 3.52. The summed E-state index contributed by atoms with van der Waals surface area (Å²) in [5.74, 6) is 0.970. The summed E-state index contributed by atoms with van der Waals surface area (Å²) < 4.78 is 5.57. The third kappa shape index (κ3) is 3.67. The highest BCUT2D eigenvalue weighted by atomic mass is 32.1. The lowest BCUT2D eigenvalue weighted by Crippen LogP contribution is -2.02. The van der Waals surface area contributed by atoms with Crippen molar-refractivity contribution in [3.8, 4) is 5.75 Å². The zero-order valence-electron chi connectivity index (χ0n) is 9.41. The zero-order chi connectivity index (χ0) is 11.1. The predicted molar refractivity (Wildman–Crippen MR) is 64.0 cm³/mol. The van der Waals surface area contributed by atoms with Crippen molar-refractivity contribution in [3.63, 3.8) is 0 Å². The van der Waals surface area contributed by atoms with Crippen LogP contribution in [0.25, 0.3) is 0 Å². The topological polar surface area (TPSA) is 26.3 Å². The molecule has 0 N–H and O–H groups in total. The van der Waals surface area contributed by atoms with E-state index in [-0.39, 0.29) is 5.78 Å². The fraction of sp³-hybridized carbons (Fsp3) is 0.583. The van der Waals surface area contributed by atoms with Crippen LogP contribution in [0.3, 0.4) is 0 Å². The maximum Gasteiger partial charge on any atom is 0.167 e. The lowest BCUT2D eigenvalue weighted by Gasteiger charge is -2.05. The molecule has 1 aromatic heterocycles. The van der Waals surface area contributed by atoms with Gasteiger partial charge in [-0.15, -0.1) is 11.3 Å². The number of unbranched alkanes of at least 4 members (excludes halogenated alkanes) is 1. The molecule has 3 heteroatoms. The first-order chi connectivity index (χ1) is 7.29. The van der Waals surface area contributed by atoms with Crippen molar-refractivity contribution in [2.75, 3.05) is 6.61 Å². The number of Topliss-reactive ketones (excluding diaryl/α,β-unsaturated/α-hetero) is 1. The molecule has 0 spiro atoms. The first-order valence-electron chi connectivity index (χ1n) is 5.51. The van der Waals surface area contributed by atoms with Gasteiger partial charge >= 0.3 is 0 Å². The predicted octanol–water partition coefficient (Wildman–Crippen LogP) is 3.91. The Morgan fingerprint density at radius 3 is 2.80 bits per heavy atom. The molecule has 2 nitrogen and oxygen atoms in total. The van der Waals surface area contributed by atoms with Crippen LogP contribution in [0.2, 0.25) is 0 Å². The molecule has 0 atom stereocenters. The van der Waals surface area contributed by atoms with E-state index in [1.54, 1.807) is 0 Å². The van der Waals surface area contributed by atoms with Crippen LogP contribution in [-0.2, 0) is 0 Å². The van der Waals surface area contributed by atoms with Gasteiger partial charge in [0.05, 0.1) is 12.2 Å². The fourth-order valence-corrected chi connectivity index (χ4v) is 2.06. The standard InChI is InChI=1S/C12H18O2S/c1-3-5-7-14-12-9-15-8-10(12)11(13)6-4-2/h8-9H,3-7H2,1-2H3. The molecule has 0 radical (unpaired) electrons. The molecular formula is C12H18O2S. The highest BCUT2D eigenvalue weighted by Crippen LogP contribution is 2.25. The van der Waals surface area contributed by atoms with E-state index < -0.39 is 0 Å². The summed E-state index contributed by atoms with van der Waals surface area (Å²) in [7, 11) is 0. The largest absolute Gasteiger partial charge is 0.492 e. The molecule has 0 aromatic carbocycles. The Balaban J connectivity index is 2.56.